The highest BCUT2D eigenvalue weighted by Gasteiger charge is 2.25. The van der Waals surface area contributed by atoms with Crippen LogP contribution in [0.2, 0.25) is 0 Å². The molecule has 1 aromatic heterocycles. The van der Waals surface area contributed by atoms with Crippen molar-refractivity contribution in [2.75, 3.05) is 5.73 Å². The summed E-state index contributed by atoms with van der Waals surface area (Å²) in [7, 11) is -4.05. The number of nitrogens with one attached hydrogen (secondary N) is 2. The molecule has 4 aromatic rings. The van der Waals surface area contributed by atoms with E-state index in [4.69, 9.17) is 5.73 Å². The monoisotopic (exact) mass is 475 g/mol. The van der Waals surface area contributed by atoms with Gasteiger partial charge in [-0.25, -0.2) is 22.9 Å². The van der Waals surface area contributed by atoms with E-state index in [9.17, 15) is 13.2 Å². The quantitative estimate of drug-likeness (QED) is 0.352. The Labute approximate surface area is 198 Å². The number of carbonyl (C=O) groups is 1. The molecule has 1 heterocycles. The maximum atomic E-state index is 12.9. The molecule has 9 heteroatoms. The Hall–Kier alpha value is -4.11. The van der Waals surface area contributed by atoms with Gasteiger partial charge in [0.1, 0.15) is 5.82 Å². The Bertz CT molecular complexity index is 1380. The molecule has 0 radical (unpaired) electrons. The largest absolute Gasteiger partial charge is 0.399 e. The molecule has 0 bridgehead atoms. The SMILES string of the molecule is Cc1ccccc1S(=O)(=O)NC(=O)N[C@@H](Cc1ccccc1)c1nccn1-c1ccc(N)cc1. The molecular weight excluding hydrogens is 450 g/mol. The number of benzene rings is 3. The minimum absolute atomic E-state index is 0.0492. The van der Waals surface area contributed by atoms with Crippen LogP contribution in [0.25, 0.3) is 5.69 Å². The third-order valence-electron chi connectivity index (χ3n) is 5.35. The molecule has 4 rings (SSSR count). The van der Waals surface area contributed by atoms with E-state index in [0.29, 0.717) is 23.5 Å². The Balaban J connectivity index is 1.63. The third-order valence-corrected chi connectivity index (χ3v) is 6.84. The standard InChI is InChI=1S/C25H25N5O3S/c1-18-7-5-6-10-23(18)34(32,33)29-25(31)28-22(17-19-8-3-2-4-9-19)24-27-15-16-30(24)21-13-11-20(26)12-14-21/h2-16,22H,17,26H2,1H3,(H2,28,29,31)/t22-/m0/s1. The predicted octanol–water partition coefficient (Wildman–Crippen LogP) is 3.73. The summed E-state index contributed by atoms with van der Waals surface area (Å²) in [6, 6.07) is 21.9. The van der Waals surface area contributed by atoms with Crippen LogP contribution in [0.15, 0.2) is 96.2 Å². The van der Waals surface area contributed by atoms with Gasteiger partial charge in [-0.2, -0.15) is 0 Å². The third kappa shape index (κ3) is 5.26. The molecule has 0 fully saturated rings. The number of nitrogens with two attached hydrogens (primary N) is 1. The highest BCUT2D eigenvalue weighted by molar-refractivity contribution is 7.90. The number of hydrogen-bond donors (Lipinski definition) is 3. The first kappa shape index (κ1) is 23.1. The van der Waals surface area contributed by atoms with Crippen LogP contribution in [-0.4, -0.2) is 24.0 Å². The molecule has 34 heavy (non-hydrogen) atoms. The fraction of sp³-hybridized carbons (Fsp3) is 0.120. The lowest BCUT2D eigenvalue weighted by molar-refractivity contribution is 0.241. The van der Waals surface area contributed by atoms with Gasteiger partial charge in [-0.15, -0.1) is 0 Å². The molecule has 2 amide bonds. The first-order valence-corrected chi connectivity index (χ1v) is 12.1. The summed E-state index contributed by atoms with van der Waals surface area (Å²) in [5.74, 6) is 0.553. The minimum atomic E-state index is -4.05. The van der Waals surface area contributed by atoms with Crippen molar-refractivity contribution in [3.05, 3.63) is 108 Å². The van der Waals surface area contributed by atoms with Crippen LogP contribution in [0.5, 0.6) is 0 Å². The van der Waals surface area contributed by atoms with Crippen molar-refractivity contribution in [2.45, 2.75) is 24.3 Å². The maximum absolute atomic E-state index is 12.9. The number of carbonyl (C=O) groups excluding carboxylic acids is 1. The second-order valence-corrected chi connectivity index (χ2v) is 9.48. The van der Waals surface area contributed by atoms with Crippen molar-refractivity contribution < 1.29 is 13.2 Å². The van der Waals surface area contributed by atoms with Gasteiger partial charge in [0.05, 0.1) is 10.9 Å². The van der Waals surface area contributed by atoms with Gasteiger partial charge in [-0.3, -0.25) is 0 Å². The molecule has 0 saturated carbocycles. The van der Waals surface area contributed by atoms with Gasteiger partial charge in [-0.05, 0) is 54.8 Å². The van der Waals surface area contributed by atoms with E-state index >= 15 is 0 Å². The molecule has 0 saturated heterocycles. The second-order valence-electron chi connectivity index (χ2n) is 7.83. The number of aromatic nitrogens is 2. The summed E-state index contributed by atoms with van der Waals surface area (Å²) < 4.78 is 29.6. The van der Waals surface area contributed by atoms with Crippen molar-refractivity contribution in [1.29, 1.82) is 0 Å². The molecule has 8 nitrogen and oxygen atoms in total. The lowest BCUT2D eigenvalue weighted by Crippen LogP contribution is -2.42. The minimum Gasteiger partial charge on any atom is -0.399 e. The molecule has 0 spiro atoms. The molecule has 0 aliphatic carbocycles. The zero-order valence-corrected chi connectivity index (χ0v) is 19.4. The summed E-state index contributed by atoms with van der Waals surface area (Å²) in [4.78, 5) is 17.4. The van der Waals surface area contributed by atoms with E-state index in [-0.39, 0.29) is 4.90 Å². The number of amides is 2. The average molecular weight is 476 g/mol. The highest BCUT2D eigenvalue weighted by Crippen LogP contribution is 2.22. The topological polar surface area (TPSA) is 119 Å². The first-order valence-electron chi connectivity index (χ1n) is 10.7. The molecule has 3 aromatic carbocycles. The van der Waals surface area contributed by atoms with E-state index in [1.54, 1.807) is 49.6 Å². The van der Waals surface area contributed by atoms with Crippen LogP contribution in [0, 0.1) is 6.92 Å². The Morgan fingerprint density at radius 1 is 1.00 bits per heavy atom. The van der Waals surface area contributed by atoms with E-state index in [1.165, 1.54) is 6.07 Å². The van der Waals surface area contributed by atoms with Crippen LogP contribution in [0.3, 0.4) is 0 Å². The molecule has 1 atom stereocenters. The Morgan fingerprint density at radius 2 is 1.68 bits per heavy atom. The van der Waals surface area contributed by atoms with Crippen LogP contribution in [0.1, 0.15) is 23.0 Å². The smallest absolute Gasteiger partial charge is 0.329 e. The van der Waals surface area contributed by atoms with E-state index in [2.05, 4.69) is 15.0 Å². The van der Waals surface area contributed by atoms with Gasteiger partial charge in [0.2, 0.25) is 0 Å². The molecular formula is C25H25N5O3S. The van der Waals surface area contributed by atoms with Gasteiger partial charge in [0.25, 0.3) is 10.0 Å². The summed E-state index contributed by atoms with van der Waals surface area (Å²) in [5.41, 5.74) is 8.76. The fourth-order valence-corrected chi connectivity index (χ4v) is 4.87. The van der Waals surface area contributed by atoms with E-state index in [0.717, 1.165) is 11.3 Å². The zero-order chi connectivity index (χ0) is 24.1. The highest BCUT2D eigenvalue weighted by atomic mass is 32.2. The number of aryl methyl sites for hydroxylation is 1. The number of anilines is 1. The van der Waals surface area contributed by atoms with Gasteiger partial charge in [-0.1, -0.05) is 48.5 Å². The van der Waals surface area contributed by atoms with Crippen molar-refractivity contribution in [2.24, 2.45) is 0 Å². The van der Waals surface area contributed by atoms with Crippen LogP contribution in [0.4, 0.5) is 10.5 Å². The molecule has 0 aliphatic heterocycles. The number of hydrogen-bond acceptors (Lipinski definition) is 5. The van der Waals surface area contributed by atoms with Gasteiger partial charge < -0.3 is 15.6 Å². The van der Waals surface area contributed by atoms with Gasteiger partial charge in [0, 0.05) is 23.8 Å². The summed E-state index contributed by atoms with van der Waals surface area (Å²) in [6.07, 6.45) is 3.82. The lowest BCUT2D eigenvalue weighted by Gasteiger charge is -2.21. The normalized spacial score (nSPS) is 12.1. The number of urea groups is 1. The second kappa shape index (κ2) is 9.80. The lowest BCUT2D eigenvalue weighted by atomic mass is 10.1. The number of nitrogen functional groups attached to an aromatic ring is 1. The van der Waals surface area contributed by atoms with E-state index < -0.39 is 22.1 Å². The summed E-state index contributed by atoms with van der Waals surface area (Å²) in [6.45, 7) is 1.67. The Morgan fingerprint density at radius 3 is 2.38 bits per heavy atom. The molecule has 174 valence electrons. The number of imidazole rings is 1. The average Bonchev–Trinajstić information content (AvgIpc) is 3.29. The van der Waals surface area contributed by atoms with Gasteiger partial charge in [0.15, 0.2) is 0 Å². The van der Waals surface area contributed by atoms with Crippen molar-refractivity contribution in [1.82, 2.24) is 19.6 Å². The van der Waals surface area contributed by atoms with Crippen LogP contribution >= 0.6 is 0 Å². The first-order chi connectivity index (χ1) is 16.3. The maximum Gasteiger partial charge on any atom is 0.329 e. The molecule has 0 unspecified atom stereocenters. The Kier molecular flexibility index (Phi) is 6.65. The van der Waals surface area contributed by atoms with Crippen molar-refractivity contribution >= 4 is 21.7 Å². The van der Waals surface area contributed by atoms with Gasteiger partial charge >= 0.3 is 6.03 Å². The molecule has 4 N–H and O–H groups in total. The zero-order valence-electron chi connectivity index (χ0n) is 18.5. The summed E-state index contributed by atoms with van der Waals surface area (Å²) in [5, 5.41) is 2.80. The number of sulfonamides is 1. The predicted molar refractivity (Wildman–Crippen MR) is 131 cm³/mol. The number of nitrogens with zero attached hydrogens (tertiary/aromatic N) is 2. The summed E-state index contributed by atoms with van der Waals surface area (Å²) >= 11 is 0. The van der Waals surface area contributed by atoms with Crippen molar-refractivity contribution in [3.8, 4) is 5.69 Å². The molecule has 0 aliphatic rings. The van der Waals surface area contributed by atoms with Crippen LogP contribution < -0.4 is 15.8 Å². The van der Waals surface area contributed by atoms with Crippen LogP contribution in [-0.2, 0) is 16.4 Å². The van der Waals surface area contributed by atoms with E-state index in [1.807, 2.05) is 47.0 Å². The van der Waals surface area contributed by atoms with Crippen molar-refractivity contribution in [3.63, 3.8) is 0 Å². The fourth-order valence-electron chi connectivity index (χ4n) is 3.71. The number of rotatable bonds is 7.